The van der Waals surface area contributed by atoms with Crippen molar-refractivity contribution in [2.45, 2.75) is 64.2 Å². The topological polar surface area (TPSA) is 61.8 Å². The molecule has 0 heterocycles. The first kappa shape index (κ1) is 18.7. The highest BCUT2D eigenvalue weighted by Gasteiger charge is 2.25. The lowest BCUT2D eigenvalue weighted by molar-refractivity contribution is -0.141. The maximum Gasteiger partial charge on any atom is 0.314 e. The molecule has 2 saturated carbocycles. The van der Waals surface area contributed by atoms with E-state index >= 15 is 0 Å². The van der Waals surface area contributed by atoms with E-state index in [-0.39, 0.29) is 23.8 Å². The van der Waals surface area contributed by atoms with Gasteiger partial charge in [-0.25, -0.2) is 0 Å². The minimum atomic E-state index is -0.199. The van der Waals surface area contributed by atoms with Crippen LogP contribution >= 0.6 is 0 Å². The van der Waals surface area contributed by atoms with E-state index in [1.165, 1.54) is 20.0 Å². The summed E-state index contributed by atoms with van der Waals surface area (Å²) in [7, 11) is 1.51. The SMILES string of the molecule is COc1cc(OC(=O)C2CCCCC2)ccc1OC(=O)C1CCCCC1. The van der Waals surface area contributed by atoms with Crippen molar-refractivity contribution in [2.75, 3.05) is 7.11 Å². The van der Waals surface area contributed by atoms with Gasteiger partial charge in [-0.05, 0) is 37.8 Å². The molecule has 0 aromatic heterocycles. The molecule has 142 valence electrons. The Kier molecular flexibility index (Phi) is 6.53. The Labute approximate surface area is 155 Å². The van der Waals surface area contributed by atoms with Crippen LogP contribution in [0.1, 0.15) is 64.2 Å². The van der Waals surface area contributed by atoms with Crippen molar-refractivity contribution in [1.82, 2.24) is 0 Å². The van der Waals surface area contributed by atoms with Gasteiger partial charge in [0.25, 0.3) is 0 Å². The zero-order valence-electron chi connectivity index (χ0n) is 15.5. The first-order chi connectivity index (χ1) is 12.7. The average Bonchev–Trinajstić information content (AvgIpc) is 2.70. The highest BCUT2D eigenvalue weighted by molar-refractivity contribution is 5.77. The maximum absolute atomic E-state index is 12.3. The fourth-order valence-electron chi connectivity index (χ4n) is 3.86. The van der Waals surface area contributed by atoms with E-state index in [0.29, 0.717) is 17.2 Å². The van der Waals surface area contributed by atoms with E-state index in [9.17, 15) is 9.59 Å². The molecule has 2 fully saturated rings. The number of ether oxygens (including phenoxy) is 3. The summed E-state index contributed by atoms with van der Waals surface area (Å²) in [6.07, 6.45) is 10.3. The van der Waals surface area contributed by atoms with Gasteiger partial charge in [0, 0.05) is 6.07 Å². The monoisotopic (exact) mass is 360 g/mol. The number of rotatable bonds is 5. The smallest absolute Gasteiger partial charge is 0.314 e. The van der Waals surface area contributed by atoms with E-state index in [4.69, 9.17) is 14.2 Å². The Bertz CT molecular complexity index is 627. The molecular formula is C21H28O5. The summed E-state index contributed by atoms with van der Waals surface area (Å²) in [5, 5.41) is 0. The number of benzene rings is 1. The highest BCUT2D eigenvalue weighted by Crippen LogP contribution is 2.34. The van der Waals surface area contributed by atoms with Gasteiger partial charge in [-0.1, -0.05) is 38.5 Å². The second-order valence-corrected chi connectivity index (χ2v) is 7.32. The molecule has 5 heteroatoms. The Balaban J connectivity index is 1.63. The van der Waals surface area contributed by atoms with Gasteiger partial charge in [-0.2, -0.15) is 0 Å². The second kappa shape index (κ2) is 9.06. The molecule has 0 amide bonds. The number of carbonyl (C=O) groups excluding carboxylic acids is 2. The van der Waals surface area contributed by atoms with Gasteiger partial charge < -0.3 is 14.2 Å². The van der Waals surface area contributed by atoms with Gasteiger partial charge in [0.1, 0.15) is 5.75 Å². The summed E-state index contributed by atoms with van der Waals surface area (Å²) in [5.41, 5.74) is 0. The molecule has 0 radical (unpaired) electrons. The summed E-state index contributed by atoms with van der Waals surface area (Å²) < 4.78 is 16.4. The van der Waals surface area contributed by atoms with E-state index < -0.39 is 0 Å². The van der Waals surface area contributed by atoms with Gasteiger partial charge in [-0.3, -0.25) is 9.59 Å². The maximum atomic E-state index is 12.3. The minimum Gasteiger partial charge on any atom is -0.493 e. The van der Waals surface area contributed by atoms with Crippen molar-refractivity contribution >= 4 is 11.9 Å². The van der Waals surface area contributed by atoms with Crippen LogP contribution in [0.5, 0.6) is 17.2 Å². The Hall–Kier alpha value is -2.04. The Morgan fingerprint density at radius 2 is 1.31 bits per heavy atom. The molecule has 0 bridgehead atoms. The zero-order chi connectivity index (χ0) is 18.4. The number of carbonyl (C=O) groups is 2. The van der Waals surface area contributed by atoms with Crippen LogP contribution in [0.2, 0.25) is 0 Å². The fourth-order valence-corrected chi connectivity index (χ4v) is 3.86. The molecule has 0 unspecified atom stereocenters. The van der Waals surface area contributed by atoms with Gasteiger partial charge in [0.05, 0.1) is 18.9 Å². The summed E-state index contributed by atoms with van der Waals surface area (Å²) in [5.74, 6) is 0.781. The molecular weight excluding hydrogens is 332 g/mol. The lowest BCUT2D eigenvalue weighted by Gasteiger charge is -2.21. The van der Waals surface area contributed by atoms with Crippen LogP contribution in [-0.4, -0.2) is 19.0 Å². The third-order valence-corrected chi connectivity index (χ3v) is 5.44. The molecule has 2 aliphatic carbocycles. The normalized spacial score (nSPS) is 19.0. The average molecular weight is 360 g/mol. The second-order valence-electron chi connectivity index (χ2n) is 7.32. The molecule has 0 spiro atoms. The molecule has 0 saturated heterocycles. The van der Waals surface area contributed by atoms with Crippen LogP contribution in [0.25, 0.3) is 0 Å². The summed E-state index contributed by atoms with van der Waals surface area (Å²) in [4.78, 5) is 24.6. The van der Waals surface area contributed by atoms with Crippen molar-refractivity contribution in [1.29, 1.82) is 0 Å². The molecule has 5 nitrogen and oxygen atoms in total. The predicted octanol–water partition coefficient (Wildman–Crippen LogP) is 4.67. The highest BCUT2D eigenvalue weighted by atomic mass is 16.6. The van der Waals surface area contributed by atoms with Crippen LogP contribution < -0.4 is 14.2 Å². The standard InChI is InChI=1S/C21H28O5/c1-24-19-14-17(25-20(22)15-8-4-2-5-9-15)12-13-18(19)26-21(23)16-10-6-3-7-11-16/h12-16H,2-11H2,1H3. The number of hydrogen-bond donors (Lipinski definition) is 0. The lowest BCUT2D eigenvalue weighted by atomic mass is 9.89. The van der Waals surface area contributed by atoms with Crippen LogP contribution in [0.3, 0.4) is 0 Å². The van der Waals surface area contributed by atoms with Crippen molar-refractivity contribution in [3.05, 3.63) is 18.2 Å². The van der Waals surface area contributed by atoms with Gasteiger partial charge in [0.15, 0.2) is 11.5 Å². The molecule has 2 aliphatic rings. The summed E-state index contributed by atoms with van der Waals surface area (Å²) in [6.45, 7) is 0. The fraction of sp³-hybridized carbons (Fsp3) is 0.619. The number of esters is 2. The predicted molar refractivity (Wildman–Crippen MR) is 97.4 cm³/mol. The summed E-state index contributed by atoms with van der Waals surface area (Å²) >= 11 is 0. The van der Waals surface area contributed by atoms with Gasteiger partial charge in [0.2, 0.25) is 0 Å². The zero-order valence-corrected chi connectivity index (χ0v) is 15.5. The van der Waals surface area contributed by atoms with Crippen LogP contribution in [-0.2, 0) is 9.59 Å². The molecule has 0 N–H and O–H groups in total. The van der Waals surface area contributed by atoms with E-state index in [1.54, 1.807) is 18.2 Å². The molecule has 3 rings (SSSR count). The number of hydrogen-bond acceptors (Lipinski definition) is 5. The molecule has 1 aromatic carbocycles. The Morgan fingerprint density at radius 1 is 0.769 bits per heavy atom. The molecule has 0 aliphatic heterocycles. The van der Waals surface area contributed by atoms with Crippen molar-refractivity contribution < 1.29 is 23.8 Å². The largest absolute Gasteiger partial charge is 0.493 e. The first-order valence-corrected chi connectivity index (χ1v) is 9.79. The molecule has 0 atom stereocenters. The quantitative estimate of drug-likeness (QED) is 0.564. The van der Waals surface area contributed by atoms with E-state index in [0.717, 1.165) is 51.4 Å². The van der Waals surface area contributed by atoms with Crippen LogP contribution in [0, 0.1) is 11.8 Å². The number of methoxy groups -OCH3 is 1. The molecule has 26 heavy (non-hydrogen) atoms. The van der Waals surface area contributed by atoms with E-state index in [1.807, 2.05) is 0 Å². The lowest BCUT2D eigenvalue weighted by Crippen LogP contribution is -2.23. The van der Waals surface area contributed by atoms with Crippen molar-refractivity contribution in [3.63, 3.8) is 0 Å². The van der Waals surface area contributed by atoms with Crippen LogP contribution in [0.4, 0.5) is 0 Å². The van der Waals surface area contributed by atoms with Crippen molar-refractivity contribution in [2.24, 2.45) is 11.8 Å². The van der Waals surface area contributed by atoms with Crippen LogP contribution in [0.15, 0.2) is 18.2 Å². The minimum absolute atomic E-state index is 0.0152. The van der Waals surface area contributed by atoms with Crippen molar-refractivity contribution in [3.8, 4) is 17.2 Å². The van der Waals surface area contributed by atoms with Gasteiger partial charge >= 0.3 is 11.9 Å². The summed E-state index contributed by atoms with van der Waals surface area (Å²) in [6, 6.07) is 4.92. The first-order valence-electron chi connectivity index (χ1n) is 9.79. The van der Waals surface area contributed by atoms with Gasteiger partial charge in [-0.15, -0.1) is 0 Å². The third kappa shape index (κ3) is 4.77. The third-order valence-electron chi connectivity index (χ3n) is 5.44. The van der Waals surface area contributed by atoms with E-state index in [2.05, 4.69) is 0 Å². The Morgan fingerprint density at radius 3 is 1.85 bits per heavy atom. The molecule has 1 aromatic rings.